The van der Waals surface area contributed by atoms with E-state index in [1.54, 1.807) is 4.68 Å². The molecule has 136 valence electrons. The standard InChI is InChI=1S/C19H18N6OS/c1-12-9-10-16(11-13(12)2)25-19(22-23-24-25)27-14(3)17-20-21-18(26-17)15-7-5-4-6-8-15/h4-11,14H,1-3H3/t14-/m1/s1. The molecule has 0 radical (unpaired) electrons. The lowest BCUT2D eigenvalue weighted by atomic mass is 10.1. The summed E-state index contributed by atoms with van der Waals surface area (Å²) in [6.45, 7) is 6.14. The molecule has 0 aliphatic heterocycles. The molecule has 1 atom stereocenters. The fourth-order valence-corrected chi connectivity index (χ4v) is 3.41. The summed E-state index contributed by atoms with van der Waals surface area (Å²) >= 11 is 1.47. The minimum atomic E-state index is -0.0914. The van der Waals surface area contributed by atoms with E-state index in [2.05, 4.69) is 51.7 Å². The zero-order chi connectivity index (χ0) is 18.8. The molecule has 7 nitrogen and oxygen atoms in total. The third-order valence-corrected chi connectivity index (χ3v) is 5.29. The number of hydrogen-bond donors (Lipinski definition) is 0. The molecule has 4 aromatic rings. The largest absolute Gasteiger partial charge is 0.419 e. The van der Waals surface area contributed by atoms with Crippen LogP contribution in [0, 0.1) is 13.8 Å². The molecule has 0 aliphatic carbocycles. The van der Waals surface area contributed by atoms with Gasteiger partial charge in [0.1, 0.15) is 0 Å². The van der Waals surface area contributed by atoms with E-state index in [1.165, 1.54) is 22.9 Å². The van der Waals surface area contributed by atoms with Gasteiger partial charge >= 0.3 is 0 Å². The average molecular weight is 378 g/mol. The molecular weight excluding hydrogens is 360 g/mol. The zero-order valence-corrected chi connectivity index (χ0v) is 16.0. The van der Waals surface area contributed by atoms with Crippen LogP contribution in [-0.4, -0.2) is 30.4 Å². The number of hydrogen-bond acceptors (Lipinski definition) is 7. The van der Waals surface area contributed by atoms with Crippen LogP contribution in [0.5, 0.6) is 0 Å². The quantitative estimate of drug-likeness (QED) is 0.482. The van der Waals surface area contributed by atoms with Crippen molar-refractivity contribution < 1.29 is 4.42 Å². The van der Waals surface area contributed by atoms with Gasteiger partial charge in [0.15, 0.2) is 0 Å². The Morgan fingerprint density at radius 1 is 0.963 bits per heavy atom. The van der Waals surface area contributed by atoms with Crippen LogP contribution in [0.4, 0.5) is 0 Å². The summed E-state index contributed by atoms with van der Waals surface area (Å²) in [5, 5.41) is 21.0. The van der Waals surface area contributed by atoms with E-state index in [0.29, 0.717) is 16.9 Å². The van der Waals surface area contributed by atoms with E-state index < -0.39 is 0 Å². The highest BCUT2D eigenvalue weighted by Crippen LogP contribution is 2.34. The van der Waals surface area contributed by atoms with Gasteiger partial charge in [-0.25, -0.2) is 0 Å². The van der Waals surface area contributed by atoms with E-state index in [0.717, 1.165) is 11.3 Å². The van der Waals surface area contributed by atoms with Crippen molar-refractivity contribution in [2.45, 2.75) is 31.2 Å². The predicted octanol–water partition coefficient (Wildman–Crippen LogP) is 4.18. The van der Waals surface area contributed by atoms with E-state index in [9.17, 15) is 0 Å². The summed E-state index contributed by atoms with van der Waals surface area (Å²) in [5.41, 5.74) is 4.24. The van der Waals surface area contributed by atoms with Gasteiger partial charge in [-0.3, -0.25) is 0 Å². The van der Waals surface area contributed by atoms with Crippen molar-refractivity contribution in [3.63, 3.8) is 0 Å². The summed E-state index contributed by atoms with van der Waals surface area (Å²) in [7, 11) is 0. The molecule has 2 heterocycles. The Hall–Kier alpha value is -3.00. The first-order chi connectivity index (χ1) is 13.1. The topological polar surface area (TPSA) is 82.5 Å². The Balaban J connectivity index is 1.56. The third kappa shape index (κ3) is 3.61. The summed E-state index contributed by atoms with van der Waals surface area (Å²) in [6.07, 6.45) is 0. The zero-order valence-electron chi connectivity index (χ0n) is 15.2. The lowest BCUT2D eigenvalue weighted by Gasteiger charge is -2.08. The molecule has 0 saturated heterocycles. The van der Waals surface area contributed by atoms with Crippen LogP contribution < -0.4 is 0 Å². The molecule has 0 fully saturated rings. The van der Waals surface area contributed by atoms with Crippen molar-refractivity contribution in [1.82, 2.24) is 30.4 Å². The number of aryl methyl sites for hydroxylation is 2. The van der Waals surface area contributed by atoms with E-state index >= 15 is 0 Å². The first-order valence-corrected chi connectivity index (χ1v) is 9.41. The highest BCUT2D eigenvalue weighted by Gasteiger charge is 2.20. The number of thioether (sulfide) groups is 1. The molecule has 0 saturated carbocycles. The van der Waals surface area contributed by atoms with Gasteiger partial charge in [-0.2, -0.15) is 4.68 Å². The van der Waals surface area contributed by atoms with Gasteiger partial charge in [-0.15, -0.1) is 15.3 Å². The van der Waals surface area contributed by atoms with Crippen LogP contribution >= 0.6 is 11.8 Å². The number of tetrazole rings is 1. The first kappa shape index (κ1) is 17.4. The maximum atomic E-state index is 5.84. The predicted molar refractivity (Wildman–Crippen MR) is 103 cm³/mol. The molecule has 0 N–H and O–H groups in total. The lowest BCUT2D eigenvalue weighted by molar-refractivity contribution is 0.509. The van der Waals surface area contributed by atoms with Gasteiger partial charge in [-0.1, -0.05) is 36.0 Å². The number of benzene rings is 2. The van der Waals surface area contributed by atoms with E-state index in [4.69, 9.17) is 4.42 Å². The van der Waals surface area contributed by atoms with Crippen LogP contribution in [-0.2, 0) is 0 Å². The van der Waals surface area contributed by atoms with Crippen LogP contribution in [0.15, 0.2) is 58.1 Å². The Morgan fingerprint density at radius 3 is 2.56 bits per heavy atom. The van der Waals surface area contributed by atoms with Gasteiger partial charge in [0.05, 0.1) is 10.9 Å². The molecule has 2 aromatic heterocycles. The fourth-order valence-electron chi connectivity index (χ4n) is 2.58. The molecule has 4 rings (SSSR count). The maximum Gasteiger partial charge on any atom is 0.247 e. The average Bonchev–Trinajstić information content (AvgIpc) is 3.34. The molecule has 0 amide bonds. The lowest BCUT2D eigenvalue weighted by Crippen LogP contribution is -2.01. The van der Waals surface area contributed by atoms with Gasteiger partial charge < -0.3 is 4.42 Å². The van der Waals surface area contributed by atoms with Crippen molar-refractivity contribution in [2.24, 2.45) is 0 Å². The van der Waals surface area contributed by atoms with Crippen molar-refractivity contribution >= 4 is 11.8 Å². The van der Waals surface area contributed by atoms with Crippen LogP contribution in [0.3, 0.4) is 0 Å². The minimum Gasteiger partial charge on any atom is -0.419 e. The molecule has 0 aliphatic rings. The monoisotopic (exact) mass is 378 g/mol. The smallest absolute Gasteiger partial charge is 0.247 e. The van der Waals surface area contributed by atoms with Gasteiger partial charge in [0.25, 0.3) is 0 Å². The van der Waals surface area contributed by atoms with Gasteiger partial charge in [0.2, 0.25) is 16.9 Å². The Kier molecular flexibility index (Phi) is 4.72. The highest BCUT2D eigenvalue weighted by molar-refractivity contribution is 7.99. The summed E-state index contributed by atoms with van der Waals surface area (Å²) in [4.78, 5) is 0. The van der Waals surface area contributed by atoms with E-state index in [1.807, 2.05) is 43.3 Å². The molecule has 2 aromatic carbocycles. The molecular formula is C19H18N6OS. The molecule has 0 unspecified atom stereocenters. The van der Waals surface area contributed by atoms with E-state index in [-0.39, 0.29) is 5.25 Å². The minimum absolute atomic E-state index is 0.0914. The third-order valence-electron chi connectivity index (χ3n) is 4.27. The van der Waals surface area contributed by atoms with Crippen molar-refractivity contribution in [3.8, 4) is 17.1 Å². The summed E-state index contributed by atoms with van der Waals surface area (Å²) in [5.74, 6) is 1.04. The maximum absolute atomic E-state index is 5.84. The first-order valence-electron chi connectivity index (χ1n) is 8.53. The summed E-state index contributed by atoms with van der Waals surface area (Å²) < 4.78 is 7.56. The normalized spacial score (nSPS) is 12.3. The molecule has 0 bridgehead atoms. The Bertz CT molecular complexity index is 1060. The van der Waals surface area contributed by atoms with Crippen LogP contribution in [0.1, 0.15) is 29.2 Å². The van der Waals surface area contributed by atoms with Crippen molar-refractivity contribution in [3.05, 3.63) is 65.5 Å². The second kappa shape index (κ2) is 7.32. The van der Waals surface area contributed by atoms with Crippen LogP contribution in [0.25, 0.3) is 17.1 Å². The van der Waals surface area contributed by atoms with Crippen molar-refractivity contribution in [1.29, 1.82) is 0 Å². The molecule has 27 heavy (non-hydrogen) atoms. The SMILES string of the molecule is Cc1ccc(-n2nnnc2S[C@H](C)c2nnc(-c3ccccc3)o2)cc1C. The fraction of sp³-hybridized carbons (Fsp3) is 0.211. The summed E-state index contributed by atoms with van der Waals surface area (Å²) in [6, 6.07) is 15.9. The van der Waals surface area contributed by atoms with Gasteiger partial charge in [0, 0.05) is 5.56 Å². The van der Waals surface area contributed by atoms with Crippen LogP contribution in [0.2, 0.25) is 0 Å². The number of rotatable bonds is 5. The molecule has 8 heteroatoms. The Morgan fingerprint density at radius 2 is 1.78 bits per heavy atom. The van der Waals surface area contributed by atoms with Gasteiger partial charge in [-0.05, 0) is 66.6 Å². The van der Waals surface area contributed by atoms with Crippen molar-refractivity contribution in [2.75, 3.05) is 0 Å². The second-order valence-electron chi connectivity index (χ2n) is 6.21. The number of aromatic nitrogens is 6. The number of nitrogens with zero attached hydrogens (tertiary/aromatic N) is 6. The highest BCUT2D eigenvalue weighted by atomic mass is 32.2. The molecule has 0 spiro atoms. The Labute approximate surface area is 160 Å². The second-order valence-corrected chi connectivity index (χ2v) is 7.52.